The first-order valence-corrected chi connectivity index (χ1v) is 7.31. The first kappa shape index (κ1) is 14.3. The molecule has 1 aliphatic rings. The average Bonchev–Trinajstić information content (AvgIpc) is 2.69. The summed E-state index contributed by atoms with van der Waals surface area (Å²) >= 11 is 0. The molecule has 0 fully saturated rings. The summed E-state index contributed by atoms with van der Waals surface area (Å²) in [7, 11) is 0. The van der Waals surface area contributed by atoms with Crippen molar-refractivity contribution in [2.75, 3.05) is 0 Å². The molecule has 3 rings (SSSR count). The van der Waals surface area contributed by atoms with Crippen molar-refractivity contribution in [2.45, 2.75) is 24.8 Å². The number of aldehydes is 1. The zero-order valence-electron chi connectivity index (χ0n) is 12.0. The van der Waals surface area contributed by atoms with Gasteiger partial charge in [0.25, 0.3) is 0 Å². The van der Waals surface area contributed by atoms with Crippen LogP contribution in [0.4, 0.5) is 4.79 Å². The molecule has 22 heavy (non-hydrogen) atoms. The fraction of sp³-hybridized carbons (Fsp3) is 0.222. The Labute approximate surface area is 128 Å². The van der Waals surface area contributed by atoms with E-state index in [1.54, 1.807) is 0 Å². The number of hydrogen-bond acceptors (Lipinski definition) is 2. The average molecular weight is 295 g/mol. The Bertz CT molecular complexity index is 663. The van der Waals surface area contributed by atoms with Crippen molar-refractivity contribution in [2.24, 2.45) is 0 Å². The molecule has 0 spiro atoms. The highest BCUT2D eigenvalue weighted by Crippen LogP contribution is 2.36. The minimum atomic E-state index is -1.18. The summed E-state index contributed by atoms with van der Waals surface area (Å²) in [6.07, 6.45) is 1.29. The van der Waals surface area contributed by atoms with E-state index in [9.17, 15) is 9.59 Å². The Morgan fingerprint density at radius 1 is 1.05 bits per heavy atom. The number of amides is 1. The number of nitrogens with one attached hydrogen (secondary N) is 1. The van der Waals surface area contributed by atoms with Crippen LogP contribution in [0, 0.1) is 0 Å². The molecule has 4 heteroatoms. The number of carboxylic acid groups (broad SMARTS) is 1. The molecule has 0 saturated heterocycles. The normalized spacial score (nSPS) is 15.1. The molecule has 0 bridgehead atoms. The van der Waals surface area contributed by atoms with E-state index in [0.29, 0.717) is 6.29 Å². The van der Waals surface area contributed by atoms with Crippen molar-refractivity contribution in [1.29, 1.82) is 0 Å². The SMILES string of the molecule is O=CC(NC(=O)O)C1c2ccccc2CCc2ccccc21. The smallest absolute Gasteiger partial charge is 0.405 e. The van der Waals surface area contributed by atoms with Crippen LogP contribution in [-0.2, 0) is 17.6 Å². The first-order valence-electron chi connectivity index (χ1n) is 7.31. The second-order valence-corrected chi connectivity index (χ2v) is 5.49. The molecule has 1 unspecified atom stereocenters. The van der Waals surface area contributed by atoms with E-state index in [2.05, 4.69) is 17.4 Å². The van der Waals surface area contributed by atoms with Gasteiger partial charge in [0.05, 0.1) is 6.04 Å². The zero-order valence-corrected chi connectivity index (χ0v) is 12.0. The summed E-state index contributed by atoms with van der Waals surface area (Å²) < 4.78 is 0. The summed E-state index contributed by atoms with van der Waals surface area (Å²) in [6.45, 7) is 0. The highest BCUT2D eigenvalue weighted by atomic mass is 16.4. The third-order valence-electron chi connectivity index (χ3n) is 4.24. The van der Waals surface area contributed by atoms with Gasteiger partial charge in [0.1, 0.15) is 6.29 Å². The molecule has 0 radical (unpaired) electrons. The van der Waals surface area contributed by atoms with Crippen LogP contribution in [0.5, 0.6) is 0 Å². The number of fused-ring (bicyclic) bond motifs is 2. The summed E-state index contributed by atoms with van der Waals surface area (Å²) in [5.74, 6) is -0.288. The van der Waals surface area contributed by atoms with Crippen LogP contribution in [0.3, 0.4) is 0 Å². The predicted molar refractivity (Wildman–Crippen MR) is 83.1 cm³/mol. The fourth-order valence-corrected chi connectivity index (χ4v) is 3.29. The molecular formula is C18H17NO3. The highest BCUT2D eigenvalue weighted by molar-refractivity contribution is 5.73. The van der Waals surface area contributed by atoms with E-state index in [1.807, 2.05) is 36.4 Å². The van der Waals surface area contributed by atoms with Crippen LogP contribution in [-0.4, -0.2) is 23.5 Å². The van der Waals surface area contributed by atoms with Crippen LogP contribution in [0.25, 0.3) is 0 Å². The first-order chi connectivity index (χ1) is 10.7. The van der Waals surface area contributed by atoms with E-state index in [4.69, 9.17) is 5.11 Å². The van der Waals surface area contributed by atoms with Gasteiger partial charge in [0.2, 0.25) is 0 Å². The maximum atomic E-state index is 11.5. The number of benzene rings is 2. The van der Waals surface area contributed by atoms with Crippen LogP contribution < -0.4 is 5.32 Å². The van der Waals surface area contributed by atoms with Crippen LogP contribution in [0.1, 0.15) is 28.2 Å². The molecular weight excluding hydrogens is 278 g/mol. The molecule has 0 aromatic heterocycles. The van der Waals surface area contributed by atoms with Gasteiger partial charge in [0.15, 0.2) is 0 Å². The summed E-state index contributed by atoms with van der Waals surface area (Å²) in [5.41, 5.74) is 4.39. The van der Waals surface area contributed by atoms with Crippen molar-refractivity contribution in [3.63, 3.8) is 0 Å². The maximum Gasteiger partial charge on any atom is 0.405 e. The number of carbonyl (C=O) groups is 2. The highest BCUT2D eigenvalue weighted by Gasteiger charge is 2.31. The molecule has 2 aromatic carbocycles. The van der Waals surface area contributed by atoms with Crippen molar-refractivity contribution in [1.82, 2.24) is 5.32 Å². The number of carbonyl (C=O) groups excluding carboxylic acids is 1. The zero-order chi connectivity index (χ0) is 15.5. The lowest BCUT2D eigenvalue weighted by atomic mass is 9.83. The molecule has 1 amide bonds. The Balaban J connectivity index is 2.17. The van der Waals surface area contributed by atoms with E-state index >= 15 is 0 Å². The van der Waals surface area contributed by atoms with Gasteiger partial charge in [-0.1, -0.05) is 48.5 Å². The van der Waals surface area contributed by atoms with E-state index in [1.165, 1.54) is 11.1 Å². The standard InChI is InChI=1S/C18H17NO3/c20-11-16(19-18(21)22)17-14-7-3-1-5-12(14)9-10-13-6-2-4-8-15(13)17/h1-8,11,16-17,19H,9-10H2,(H,21,22). The molecule has 1 atom stereocenters. The Kier molecular flexibility index (Phi) is 3.92. The lowest BCUT2D eigenvalue weighted by Crippen LogP contribution is -2.40. The van der Waals surface area contributed by atoms with E-state index < -0.39 is 12.1 Å². The third-order valence-corrected chi connectivity index (χ3v) is 4.24. The second-order valence-electron chi connectivity index (χ2n) is 5.49. The largest absolute Gasteiger partial charge is 0.465 e. The molecule has 2 aromatic rings. The van der Waals surface area contributed by atoms with Crippen molar-refractivity contribution < 1.29 is 14.7 Å². The van der Waals surface area contributed by atoms with Gasteiger partial charge in [0, 0.05) is 5.92 Å². The quantitative estimate of drug-likeness (QED) is 0.856. The molecule has 2 N–H and O–H groups in total. The third kappa shape index (κ3) is 2.60. The number of hydrogen-bond donors (Lipinski definition) is 2. The maximum absolute atomic E-state index is 11.5. The second kappa shape index (κ2) is 6.02. The summed E-state index contributed by atoms with van der Waals surface area (Å²) in [4.78, 5) is 22.6. The number of rotatable bonds is 3. The van der Waals surface area contributed by atoms with Crippen molar-refractivity contribution in [3.05, 3.63) is 70.8 Å². The van der Waals surface area contributed by atoms with Gasteiger partial charge >= 0.3 is 6.09 Å². The van der Waals surface area contributed by atoms with Gasteiger partial charge in [-0.3, -0.25) is 0 Å². The minimum absolute atomic E-state index is 0.288. The lowest BCUT2D eigenvalue weighted by Gasteiger charge is -2.25. The van der Waals surface area contributed by atoms with Gasteiger partial charge in [-0.15, -0.1) is 0 Å². The Morgan fingerprint density at radius 3 is 2.00 bits per heavy atom. The Morgan fingerprint density at radius 2 is 1.55 bits per heavy atom. The van der Waals surface area contributed by atoms with Gasteiger partial charge in [-0.2, -0.15) is 0 Å². The van der Waals surface area contributed by atoms with Gasteiger partial charge < -0.3 is 15.2 Å². The van der Waals surface area contributed by atoms with E-state index in [-0.39, 0.29) is 5.92 Å². The predicted octanol–water partition coefficient (Wildman–Crippen LogP) is 2.75. The van der Waals surface area contributed by atoms with Crippen LogP contribution in [0.2, 0.25) is 0 Å². The molecule has 0 saturated carbocycles. The lowest BCUT2D eigenvalue weighted by molar-refractivity contribution is -0.109. The molecule has 112 valence electrons. The van der Waals surface area contributed by atoms with Gasteiger partial charge in [-0.05, 0) is 35.1 Å². The number of aryl methyl sites for hydroxylation is 2. The van der Waals surface area contributed by atoms with Crippen LogP contribution >= 0.6 is 0 Å². The van der Waals surface area contributed by atoms with Crippen LogP contribution in [0.15, 0.2) is 48.5 Å². The molecule has 0 aliphatic heterocycles. The van der Waals surface area contributed by atoms with E-state index in [0.717, 1.165) is 24.0 Å². The monoisotopic (exact) mass is 295 g/mol. The fourth-order valence-electron chi connectivity index (χ4n) is 3.29. The summed E-state index contributed by atoms with van der Waals surface area (Å²) in [6, 6.07) is 15.1. The van der Waals surface area contributed by atoms with Crippen molar-refractivity contribution >= 4 is 12.4 Å². The molecule has 0 heterocycles. The Hall–Kier alpha value is -2.62. The molecule has 1 aliphatic carbocycles. The minimum Gasteiger partial charge on any atom is -0.465 e. The van der Waals surface area contributed by atoms with Gasteiger partial charge in [-0.25, -0.2) is 4.79 Å². The van der Waals surface area contributed by atoms with Crippen molar-refractivity contribution in [3.8, 4) is 0 Å². The molecule has 4 nitrogen and oxygen atoms in total. The topological polar surface area (TPSA) is 66.4 Å². The summed E-state index contributed by atoms with van der Waals surface area (Å²) in [5, 5.41) is 11.4.